The summed E-state index contributed by atoms with van der Waals surface area (Å²) in [7, 11) is -1.48. The molecular weight excluding hydrogens is 524 g/mol. The summed E-state index contributed by atoms with van der Waals surface area (Å²) in [5.74, 6) is -0.441. The molecule has 12 heteroatoms. The fourth-order valence-corrected chi connectivity index (χ4v) is 4.08. The second-order valence-corrected chi connectivity index (χ2v) is 10.2. The minimum Gasteiger partial charge on any atom is -0.747 e. The van der Waals surface area contributed by atoms with Crippen molar-refractivity contribution in [3.05, 3.63) is 84.4 Å². The van der Waals surface area contributed by atoms with Crippen molar-refractivity contribution in [3.63, 3.8) is 0 Å². The molecule has 3 aromatic carbocycles. The van der Waals surface area contributed by atoms with Crippen molar-refractivity contribution < 1.29 is 32.1 Å². The molecule has 1 unspecified atom stereocenters. The topological polar surface area (TPSA) is 148 Å². The molecule has 0 aromatic heterocycles. The summed E-state index contributed by atoms with van der Waals surface area (Å²) in [4.78, 5) is 41.4. The molecule has 39 heavy (non-hydrogen) atoms. The number of para-hydroxylation sites is 1. The second-order valence-electron chi connectivity index (χ2n) is 8.54. The molecule has 0 heterocycles. The number of hydrogen-bond acceptors (Lipinski definition) is 7. The molecule has 11 nitrogen and oxygen atoms in total. The lowest BCUT2D eigenvalue weighted by Crippen LogP contribution is -2.46. The molecule has 0 aliphatic heterocycles. The van der Waals surface area contributed by atoms with Gasteiger partial charge in [0.15, 0.2) is 0 Å². The van der Waals surface area contributed by atoms with Crippen LogP contribution in [0.15, 0.2) is 78.9 Å². The second kappa shape index (κ2) is 12.9. The molecule has 0 fully saturated rings. The van der Waals surface area contributed by atoms with Crippen LogP contribution in [0.2, 0.25) is 0 Å². The van der Waals surface area contributed by atoms with Gasteiger partial charge in [0.1, 0.15) is 22.4 Å². The molecule has 4 amide bonds. The maximum atomic E-state index is 13.2. The average molecular weight is 554 g/mol. The largest absolute Gasteiger partial charge is 0.747 e. The number of nitrogens with zero attached hydrogens (tertiary/aromatic N) is 2. The highest BCUT2D eigenvalue weighted by Crippen LogP contribution is 2.24. The molecule has 0 bridgehead atoms. The highest BCUT2D eigenvalue weighted by atomic mass is 32.2. The predicted molar refractivity (Wildman–Crippen MR) is 147 cm³/mol. The van der Waals surface area contributed by atoms with Crippen molar-refractivity contribution in [2.75, 3.05) is 42.4 Å². The van der Waals surface area contributed by atoms with E-state index in [-0.39, 0.29) is 23.7 Å². The van der Waals surface area contributed by atoms with Crippen LogP contribution in [0.3, 0.4) is 0 Å². The zero-order chi connectivity index (χ0) is 28.6. The number of ether oxygens (including phenoxy) is 1. The maximum absolute atomic E-state index is 13.2. The molecule has 0 saturated carbocycles. The number of likely N-dealkylation sites (N-methyl/N-ethyl adjacent to an activating group) is 1. The summed E-state index contributed by atoms with van der Waals surface area (Å²) in [6.07, 6.45) is 0. The van der Waals surface area contributed by atoms with Gasteiger partial charge in [-0.3, -0.25) is 9.59 Å². The first-order valence-electron chi connectivity index (χ1n) is 11.8. The van der Waals surface area contributed by atoms with E-state index in [1.807, 2.05) is 6.07 Å². The smallest absolute Gasteiger partial charge is 0.319 e. The number of carbonyl (C=O) groups is 3. The zero-order valence-electron chi connectivity index (χ0n) is 21.7. The lowest BCUT2D eigenvalue weighted by Gasteiger charge is -2.26. The van der Waals surface area contributed by atoms with Crippen molar-refractivity contribution in [3.8, 4) is 5.75 Å². The van der Waals surface area contributed by atoms with E-state index in [0.717, 1.165) is 0 Å². The number of benzene rings is 3. The Balaban J connectivity index is 1.72. The lowest BCUT2D eigenvalue weighted by molar-refractivity contribution is -0.121. The van der Waals surface area contributed by atoms with Gasteiger partial charge in [0, 0.05) is 30.2 Å². The van der Waals surface area contributed by atoms with E-state index < -0.39 is 33.9 Å². The summed E-state index contributed by atoms with van der Waals surface area (Å²) >= 11 is 0. The molecule has 2 N–H and O–H groups in total. The Morgan fingerprint density at radius 1 is 0.923 bits per heavy atom. The van der Waals surface area contributed by atoms with E-state index in [2.05, 4.69) is 10.6 Å². The van der Waals surface area contributed by atoms with Crippen molar-refractivity contribution >= 4 is 45.0 Å². The van der Waals surface area contributed by atoms with Crippen LogP contribution in [0.1, 0.15) is 17.7 Å². The van der Waals surface area contributed by atoms with Crippen LogP contribution in [0.4, 0.5) is 21.9 Å². The van der Waals surface area contributed by atoms with E-state index in [4.69, 9.17) is 4.74 Å². The Morgan fingerprint density at radius 3 is 2.26 bits per heavy atom. The first-order chi connectivity index (χ1) is 18.5. The number of urea groups is 1. The Labute approximate surface area is 227 Å². The van der Waals surface area contributed by atoms with Gasteiger partial charge < -0.3 is 29.7 Å². The number of carbonyl (C=O) groups excluding carboxylic acids is 3. The van der Waals surface area contributed by atoms with Crippen LogP contribution in [0, 0.1) is 0 Å². The summed E-state index contributed by atoms with van der Waals surface area (Å²) in [5.41, 5.74) is 1.50. The number of hydrogen-bond donors (Lipinski definition) is 2. The number of nitrogens with one attached hydrogen (secondary N) is 2. The van der Waals surface area contributed by atoms with Crippen LogP contribution in [0.5, 0.6) is 5.75 Å². The standard InChI is InChI=1S/C27H30N4O7S/c1-19(39(35,36)37)20-9-7-10-21(15-20)29-27(34)28-17-25(32)31(23-13-8-14-24(16-23)38-3)18-26(33)30(2)22-11-5-4-6-12-22/h4-16,19H,17-18H2,1-3H3,(H2,28,29,34)(H,35,36,37)/p-1. The number of rotatable bonds is 10. The zero-order valence-corrected chi connectivity index (χ0v) is 22.5. The highest BCUT2D eigenvalue weighted by Gasteiger charge is 2.23. The number of anilines is 3. The minimum absolute atomic E-state index is 0.212. The third kappa shape index (κ3) is 8.03. The van der Waals surface area contributed by atoms with Crippen LogP contribution < -0.4 is 25.2 Å². The SMILES string of the molecule is COc1cccc(N(CC(=O)N(C)c2ccccc2)C(=O)CNC(=O)Nc2cccc(C(C)S(=O)(=O)[O-])c2)c1. The van der Waals surface area contributed by atoms with Gasteiger partial charge in [0.2, 0.25) is 11.8 Å². The van der Waals surface area contributed by atoms with Crippen LogP contribution >= 0.6 is 0 Å². The van der Waals surface area contributed by atoms with Crippen molar-refractivity contribution in [2.45, 2.75) is 12.2 Å². The third-order valence-electron chi connectivity index (χ3n) is 5.92. The van der Waals surface area contributed by atoms with E-state index in [1.54, 1.807) is 55.6 Å². The van der Waals surface area contributed by atoms with E-state index in [0.29, 0.717) is 17.1 Å². The van der Waals surface area contributed by atoms with E-state index in [9.17, 15) is 27.4 Å². The first kappa shape index (κ1) is 29.1. The Kier molecular flexibility index (Phi) is 9.63. The monoisotopic (exact) mass is 553 g/mol. The molecule has 0 saturated heterocycles. The maximum Gasteiger partial charge on any atom is 0.319 e. The van der Waals surface area contributed by atoms with Crippen molar-refractivity contribution in [1.29, 1.82) is 0 Å². The van der Waals surface area contributed by atoms with E-state index in [1.165, 1.54) is 48.1 Å². The highest BCUT2D eigenvalue weighted by molar-refractivity contribution is 7.85. The van der Waals surface area contributed by atoms with Gasteiger partial charge in [-0.1, -0.05) is 36.4 Å². The molecule has 1 atom stereocenters. The third-order valence-corrected chi connectivity index (χ3v) is 7.06. The van der Waals surface area contributed by atoms with Gasteiger partial charge in [0.05, 0.1) is 18.9 Å². The van der Waals surface area contributed by atoms with Crippen molar-refractivity contribution in [1.82, 2.24) is 5.32 Å². The lowest BCUT2D eigenvalue weighted by atomic mass is 10.1. The fraction of sp³-hybridized carbons (Fsp3) is 0.222. The minimum atomic E-state index is -4.57. The molecule has 206 valence electrons. The van der Waals surface area contributed by atoms with Gasteiger partial charge in [0.25, 0.3) is 0 Å². The average Bonchev–Trinajstić information content (AvgIpc) is 2.93. The van der Waals surface area contributed by atoms with Gasteiger partial charge >= 0.3 is 6.03 Å². The van der Waals surface area contributed by atoms with Gasteiger partial charge in [-0.15, -0.1) is 0 Å². The molecule has 3 rings (SSSR count). The Hall–Kier alpha value is -4.42. The van der Waals surface area contributed by atoms with Gasteiger partial charge in [-0.05, 0) is 48.9 Å². The molecule has 0 aliphatic rings. The van der Waals surface area contributed by atoms with Crippen LogP contribution in [0.25, 0.3) is 0 Å². The van der Waals surface area contributed by atoms with Gasteiger partial charge in [-0.25, -0.2) is 13.2 Å². The van der Waals surface area contributed by atoms with Crippen LogP contribution in [-0.4, -0.2) is 58.1 Å². The molecule has 0 aliphatic carbocycles. The number of methoxy groups -OCH3 is 1. The summed E-state index contributed by atoms with van der Waals surface area (Å²) in [6, 6.07) is 20.7. The molecular formula is C27H29N4O7S-. The Morgan fingerprint density at radius 2 is 1.59 bits per heavy atom. The quantitative estimate of drug-likeness (QED) is 0.367. The van der Waals surface area contributed by atoms with Gasteiger partial charge in [-0.2, -0.15) is 0 Å². The summed E-state index contributed by atoms with van der Waals surface area (Å²) in [5, 5.41) is 3.65. The van der Waals surface area contributed by atoms with Crippen molar-refractivity contribution in [2.24, 2.45) is 0 Å². The van der Waals surface area contributed by atoms with Crippen LogP contribution in [-0.2, 0) is 19.7 Å². The number of amides is 4. The fourth-order valence-electron chi connectivity index (χ4n) is 3.60. The predicted octanol–water partition coefficient (Wildman–Crippen LogP) is 3.12. The normalized spacial score (nSPS) is 11.7. The molecule has 0 spiro atoms. The molecule has 3 aromatic rings. The first-order valence-corrected chi connectivity index (χ1v) is 13.3. The summed E-state index contributed by atoms with van der Waals surface area (Å²) in [6.45, 7) is 0.505. The Bertz CT molecular complexity index is 1430. The summed E-state index contributed by atoms with van der Waals surface area (Å²) < 4.78 is 39.2. The molecule has 0 radical (unpaired) electrons. The van der Waals surface area contributed by atoms with E-state index >= 15 is 0 Å².